The Bertz CT molecular complexity index is 988. The van der Waals surface area contributed by atoms with Gasteiger partial charge in [-0.2, -0.15) is 8.78 Å². The number of hydrogen-bond donors (Lipinski definition) is 1. The van der Waals surface area contributed by atoms with Crippen molar-refractivity contribution in [3.05, 3.63) is 64.7 Å². The van der Waals surface area contributed by atoms with Crippen molar-refractivity contribution in [2.24, 2.45) is 10.7 Å². The fourth-order valence-corrected chi connectivity index (χ4v) is 3.89. The van der Waals surface area contributed by atoms with Crippen LogP contribution >= 0.6 is 0 Å². The molecule has 1 heterocycles. The number of rotatable bonds is 6. The normalized spacial score (nSPS) is 21.6. The maximum absolute atomic E-state index is 13.4. The van der Waals surface area contributed by atoms with E-state index in [0.717, 1.165) is 24.8 Å². The van der Waals surface area contributed by atoms with Crippen LogP contribution in [0, 0.1) is 0 Å². The molecule has 29 heavy (non-hydrogen) atoms. The number of hydrogen-bond acceptors (Lipinski definition) is 4. The van der Waals surface area contributed by atoms with Gasteiger partial charge in [0.15, 0.2) is 11.5 Å². The second kappa shape index (κ2) is 7.13. The van der Waals surface area contributed by atoms with Gasteiger partial charge in [-0.25, -0.2) is 4.99 Å². The van der Waals surface area contributed by atoms with Gasteiger partial charge < -0.3 is 10.5 Å². The van der Waals surface area contributed by atoms with Crippen LogP contribution < -0.4 is 10.5 Å². The third-order valence-corrected chi connectivity index (χ3v) is 5.65. The zero-order valence-electron chi connectivity index (χ0n) is 16.4. The molecule has 7 heteroatoms. The lowest BCUT2D eigenvalue weighted by Gasteiger charge is -2.27. The largest absolute Gasteiger partial charge is 0.435 e. The van der Waals surface area contributed by atoms with Gasteiger partial charge in [0.05, 0.1) is 0 Å². The summed E-state index contributed by atoms with van der Waals surface area (Å²) in [6, 6.07) is 12.6. The van der Waals surface area contributed by atoms with Gasteiger partial charge in [-0.15, -0.1) is 0 Å². The second-order valence-electron chi connectivity index (χ2n) is 7.50. The van der Waals surface area contributed by atoms with Crippen LogP contribution in [0.2, 0.25) is 0 Å². The average Bonchev–Trinajstić information content (AvgIpc) is 3.52. The van der Waals surface area contributed by atoms with Gasteiger partial charge in [0.1, 0.15) is 5.75 Å². The molecule has 152 valence electrons. The van der Waals surface area contributed by atoms with Crippen LogP contribution in [0.15, 0.2) is 47.5 Å². The number of amides is 1. The molecule has 0 radical (unpaired) electrons. The van der Waals surface area contributed by atoms with E-state index < -0.39 is 12.2 Å². The number of nitrogens with zero attached hydrogens (tertiary/aromatic N) is 2. The van der Waals surface area contributed by atoms with Crippen molar-refractivity contribution in [3.8, 4) is 5.75 Å². The molecule has 4 rings (SSSR count). The van der Waals surface area contributed by atoms with E-state index in [4.69, 9.17) is 10.5 Å². The number of alkyl halides is 2. The number of aliphatic imine (C=N–C) groups is 1. The first-order valence-corrected chi connectivity index (χ1v) is 9.69. The van der Waals surface area contributed by atoms with E-state index >= 15 is 0 Å². The SMILES string of the molecule is CCc1cccc(C2(c3ccc(OC(F)F)c(C4CC4)c3)N=C(N)N(C)C2=O)c1. The molecule has 5 nitrogen and oxygen atoms in total. The summed E-state index contributed by atoms with van der Waals surface area (Å²) in [6.07, 6.45) is 2.61. The predicted molar refractivity (Wildman–Crippen MR) is 106 cm³/mol. The Hall–Kier alpha value is -2.96. The monoisotopic (exact) mass is 399 g/mol. The van der Waals surface area contributed by atoms with Gasteiger partial charge in [-0.1, -0.05) is 37.3 Å². The maximum atomic E-state index is 13.4. The van der Waals surface area contributed by atoms with Gasteiger partial charge in [-0.3, -0.25) is 9.69 Å². The lowest BCUT2D eigenvalue weighted by molar-refractivity contribution is -0.129. The lowest BCUT2D eigenvalue weighted by atomic mass is 9.81. The minimum atomic E-state index is -2.90. The zero-order chi connectivity index (χ0) is 20.8. The fourth-order valence-electron chi connectivity index (χ4n) is 3.89. The quantitative estimate of drug-likeness (QED) is 0.804. The molecule has 2 aliphatic rings. The molecule has 1 aliphatic heterocycles. The number of likely N-dealkylation sites (N-methyl/N-ethyl adjacent to an activating group) is 1. The van der Waals surface area contributed by atoms with E-state index in [1.807, 2.05) is 31.2 Å². The highest BCUT2D eigenvalue weighted by molar-refractivity contribution is 6.09. The molecule has 1 aliphatic carbocycles. The Labute approximate surface area is 168 Å². The Kier molecular flexibility index (Phi) is 4.76. The number of aryl methyl sites for hydroxylation is 1. The molecule has 1 fully saturated rings. The van der Waals surface area contributed by atoms with Crippen LogP contribution in [0.3, 0.4) is 0 Å². The van der Waals surface area contributed by atoms with Gasteiger partial charge >= 0.3 is 6.61 Å². The minimum absolute atomic E-state index is 0.123. The summed E-state index contributed by atoms with van der Waals surface area (Å²) in [5, 5.41) is 0. The van der Waals surface area contributed by atoms with Crippen molar-refractivity contribution < 1.29 is 18.3 Å². The molecule has 1 amide bonds. The Morgan fingerprint density at radius 2 is 1.97 bits per heavy atom. The molecule has 2 aromatic carbocycles. The van der Waals surface area contributed by atoms with Gasteiger partial charge in [0.2, 0.25) is 0 Å². The molecule has 1 saturated carbocycles. The fraction of sp³-hybridized carbons (Fsp3) is 0.364. The molecule has 0 aromatic heterocycles. The summed E-state index contributed by atoms with van der Waals surface area (Å²) >= 11 is 0. The zero-order valence-corrected chi connectivity index (χ0v) is 16.4. The van der Waals surface area contributed by atoms with Crippen LogP contribution in [-0.4, -0.2) is 30.4 Å². The summed E-state index contributed by atoms with van der Waals surface area (Å²) in [6.45, 7) is -0.866. The average molecular weight is 399 g/mol. The van der Waals surface area contributed by atoms with Crippen molar-refractivity contribution in [1.29, 1.82) is 0 Å². The van der Waals surface area contributed by atoms with Crippen LogP contribution in [0.5, 0.6) is 5.75 Å². The number of ether oxygens (including phenoxy) is 1. The molecule has 0 spiro atoms. The van der Waals surface area contributed by atoms with Crippen molar-refractivity contribution in [1.82, 2.24) is 4.90 Å². The maximum Gasteiger partial charge on any atom is 0.387 e. The number of halogens is 2. The molecule has 1 atom stereocenters. The lowest BCUT2D eigenvalue weighted by Crippen LogP contribution is -2.41. The number of carbonyl (C=O) groups is 1. The standard InChI is InChI=1S/C22H23F2N3O2/c1-3-13-5-4-6-15(11-13)22(19(28)27(2)21(25)26-22)16-9-10-18(29-20(23)24)17(12-16)14-7-8-14/h4-6,9-12,14,20H,3,7-8H2,1-2H3,(H2,25,26). The van der Waals surface area contributed by atoms with Crippen LogP contribution in [0.4, 0.5) is 8.78 Å². The van der Waals surface area contributed by atoms with Gasteiger partial charge in [0, 0.05) is 7.05 Å². The number of guanidine groups is 1. The first kappa shape index (κ1) is 19.4. The number of nitrogens with two attached hydrogens (primary N) is 1. The molecular formula is C22H23F2N3O2. The van der Waals surface area contributed by atoms with Crippen molar-refractivity contribution in [2.75, 3.05) is 7.05 Å². The molecule has 2 N–H and O–H groups in total. The number of carbonyl (C=O) groups excluding carboxylic acids is 1. The summed E-state index contributed by atoms with van der Waals surface area (Å²) in [4.78, 5) is 19.3. The first-order chi connectivity index (χ1) is 13.9. The molecule has 0 saturated heterocycles. The van der Waals surface area contributed by atoms with Gasteiger partial charge in [0.25, 0.3) is 5.91 Å². The molecule has 1 unspecified atom stereocenters. The highest BCUT2D eigenvalue weighted by atomic mass is 19.3. The van der Waals surface area contributed by atoms with Crippen molar-refractivity contribution in [2.45, 2.75) is 44.3 Å². The minimum Gasteiger partial charge on any atom is -0.435 e. The van der Waals surface area contributed by atoms with E-state index in [1.54, 1.807) is 19.2 Å². The Morgan fingerprint density at radius 3 is 2.55 bits per heavy atom. The van der Waals surface area contributed by atoms with E-state index in [-0.39, 0.29) is 23.5 Å². The van der Waals surface area contributed by atoms with E-state index in [2.05, 4.69) is 4.99 Å². The number of benzene rings is 2. The second-order valence-corrected chi connectivity index (χ2v) is 7.50. The predicted octanol–water partition coefficient (Wildman–Crippen LogP) is 3.76. The Morgan fingerprint density at radius 1 is 1.24 bits per heavy atom. The van der Waals surface area contributed by atoms with Gasteiger partial charge in [-0.05, 0) is 59.6 Å². The summed E-state index contributed by atoms with van der Waals surface area (Å²) in [5.74, 6) is 0.156. The van der Waals surface area contributed by atoms with Crippen LogP contribution in [-0.2, 0) is 16.8 Å². The van der Waals surface area contributed by atoms with Crippen molar-refractivity contribution in [3.63, 3.8) is 0 Å². The first-order valence-electron chi connectivity index (χ1n) is 9.69. The highest BCUT2D eigenvalue weighted by Crippen LogP contribution is 2.48. The topological polar surface area (TPSA) is 67.9 Å². The summed E-state index contributed by atoms with van der Waals surface area (Å²) in [5.41, 5.74) is 7.75. The smallest absolute Gasteiger partial charge is 0.387 e. The van der Waals surface area contributed by atoms with Crippen LogP contribution in [0.25, 0.3) is 0 Å². The van der Waals surface area contributed by atoms with E-state index in [1.165, 1.54) is 11.0 Å². The van der Waals surface area contributed by atoms with E-state index in [9.17, 15) is 13.6 Å². The molecular weight excluding hydrogens is 376 g/mol. The third-order valence-electron chi connectivity index (χ3n) is 5.65. The van der Waals surface area contributed by atoms with Crippen LogP contribution in [0.1, 0.15) is 47.9 Å². The summed E-state index contributed by atoms with van der Waals surface area (Å²) < 4.78 is 30.4. The van der Waals surface area contributed by atoms with E-state index in [0.29, 0.717) is 16.7 Å². The summed E-state index contributed by atoms with van der Waals surface area (Å²) in [7, 11) is 1.59. The molecule has 2 aromatic rings. The third kappa shape index (κ3) is 3.24. The Balaban J connectivity index is 1.91. The van der Waals surface area contributed by atoms with Crippen molar-refractivity contribution >= 4 is 11.9 Å². The highest BCUT2D eigenvalue weighted by Gasteiger charge is 2.50. The molecule has 0 bridgehead atoms.